The van der Waals surface area contributed by atoms with Crippen LogP contribution in [0, 0.1) is 6.92 Å². The topological polar surface area (TPSA) is 62.5 Å². The van der Waals surface area contributed by atoms with Gasteiger partial charge in [-0.2, -0.15) is 4.52 Å². The molecule has 0 amide bonds. The van der Waals surface area contributed by atoms with Crippen molar-refractivity contribution in [2.45, 2.75) is 19.9 Å². The van der Waals surface area contributed by atoms with Crippen molar-refractivity contribution in [1.82, 2.24) is 29.7 Å². The third kappa shape index (κ3) is 2.68. The summed E-state index contributed by atoms with van der Waals surface area (Å²) in [4.78, 5) is 9.25. The zero-order chi connectivity index (χ0) is 15.8. The molecule has 4 heterocycles. The summed E-state index contributed by atoms with van der Waals surface area (Å²) in [5, 5.41) is 16.1. The average molecular weight is 329 g/mol. The first-order valence-corrected chi connectivity index (χ1v) is 8.68. The van der Waals surface area contributed by atoms with Crippen LogP contribution in [0.3, 0.4) is 0 Å². The summed E-state index contributed by atoms with van der Waals surface area (Å²) in [7, 11) is 0. The number of hydrogen-bond donors (Lipinski definition) is 0. The van der Waals surface area contributed by atoms with E-state index in [-0.39, 0.29) is 0 Å². The van der Waals surface area contributed by atoms with Crippen LogP contribution in [0.25, 0.3) is 5.65 Å². The first-order valence-electron chi connectivity index (χ1n) is 7.80. The monoisotopic (exact) mass is 329 g/mol. The molecule has 0 saturated carbocycles. The van der Waals surface area contributed by atoms with Gasteiger partial charge < -0.3 is 4.90 Å². The van der Waals surface area contributed by atoms with Crippen LogP contribution in [0.5, 0.6) is 0 Å². The van der Waals surface area contributed by atoms with Crippen molar-refractivity contribution in [2.24, 2.45) is 0 Å². The number of hydrogen-bond acceptors (Lipinski definition) is 7. The molecule has 23 heavy (non-hydrogen) atoms. The Balaban J connectivity index is 1.47. The van der Waals surface area contributed by atoms with E-state index in [1.165, 1.54) is 5.01 Å². The Kier molecular flexibility index (Phi) is 3.70. The zero-order valence-electron chi connectivity index (χ0n) is 13.3. The maximum atomic E-state index is 4.67. The van der Waals surface area contributed by atoms with Gasteiger partial charge in [-0.15, -0.1) is 26.6 Å². The standard InChI is InChI=1S/C15H19N7S/c1-11(15-16-5-10-23-15)20-6-8-21(9-7-20)14-4-3-13-18-17-12(2)22(13)19-14/h3-5,10-11H,6-9H2,1-2H3. The maximum Gasteiger partial charge on any atom is 0.178 e. The number of aromatic nitrogens is 5. The van der Waals surface area contributed by atoms with Gasteiger partial charge in [0.25, 0.3) is 0 Å². The van der Waals surface area contributed by atoms with Gasteiger partial charge in [-0.25, -0.2) is 4.98 Å². The van der Waals surface area contributed by atoms with Crippen molar-refractivity contribution in [1.29, 1.82) is 0 Å². The number of aryl methyl sites for hydroxylation is 1. The van der Waals surface area contributed by atoms with Crippen LogP contribution in [-0.2, 0) is 0 Å². The van der Waals surface area contributed by atoms with E-state index in [0.717, 1.165) is 43.5 Å². The Bertz CT molecular complexity index is 789. The van der Waals surface area contributed by atoms with Gasteiger partial charge in [0.2, 0.25) is 0 Å². The number of anilines is 1. The molecule has 0 bridgehead atoms. The fourth-order valence-corrected chi connectivity index (χ4v) is 3.72. The summed E-state index contributed by atoms with van der Waals surface area (Å²) in [6.07, 6.45) is 1.88. The number of fused-ring (bicyclic) bond motifs is 1. The van der Waals surface area contributed by atoms with E-state index < -0.39 is 0 Å². The van der Waals surface area contributed by atoms with Crippen molar-refractivity contribution in [3.63, 3.8) is 0 Å². The molecule has 1 atom stereocenters. The summed E-state index contributed by atoms with van der Waals surface area (Å²) in [5.74, 6) is 1.81. The molecule has 1 aliphatic heterocycles. The molecular weight excluding hydrogens is 310 g/mol. The van der Waals surface area contributed by atoms with Gasteiger partial charge in [-0.05, 0) is 26.0 Å². The highest BCUT2D eigenvalue weighted by Crippen LogP contribution is 2.24. The van der Waals surface area contributed by atoms with Gasteiger partial charge in [-0.3, -0.25) is 4.90 Å². The summed E-state index contributed by atoms with van der Waals surface area (Å²) in [6, 6.07) is 4.39. The quantitative estimate of drug-likeness (QED) is 0.730. The highest BCUT2D eigenvalue weighted by Gasteiger charge is 2.24. The van der Waals surface area contributed by atoms with E-state index in [1.807, 2.05) is 30.6 Å². The number of rotatable bonds is 3. The molecular formula is C15H19N7S. The minimum atomic E-state index is 0.382. The van der Waals surface area contributed by atoms with Gasteiger partial charge >= 0.3 is 0 Å². The lowest BCUT2D eigenvalue weighted by Crippen LogP contribution is -2.47. The largest absolute Gasteiger partial charge is 0.353 e. The van der Waals surface area contributed by atoms with E-state index in [0.29, 0.717) is 6.04 Å². The fraction of sp³-hybridized carbons (Fsp3) is 0.467. The van der Waals surface area contributed by atoms with Gasteiger partial charge in [-0.1, -0.05) is 0 Å². The normalized spacial score (nSPS) is 17.7. The van der Waals surface area contributed by atoms with Gasteiger partial charge in [0.05, 0.1) is 6.04 Å². The molecule has 1 aliphatic rings. The van der Waals surface area contributed by atoms with Crippen LogP contribution in [0.4, 0.5) is 5.82 Å². The molecule has 3 aromatic rings. The number of thiazole rings is 1. The third-order valence-corrected chi connectivity index (χ3v) is 5.35. The highest BCUT2D eigenvalue weighted by atomic mass is 32.1. The number of piperazine rings is 1. The Morgan fingerprint density at radius 1 is 1.13 bits per heavy atom. The minimum absolute atomic E-state index is 0.382. The predicted octanol–water partition coefficient (Wildman–Crippen LogP) is 1.77. The second-order valence-electron chi connectivity index (χ2n) is 5.78. The van der Waals surface area contributed by atoms with Gasteiger partial charge in [0.15, 0.2) is 11.5 Å². The van der Waals surface area contributed by atoms with E-state index in [2.05, 4.69) is 37.0 Å². The fourth-order valence-electron chi connectivity index (χ4n) is 2.99. The predicted molar refractivity (Wildman–Crippen MR) is 89.8 cm³/mol. The van der Waals surface area contributed by atoms with Crippen LogP contribution < -0.4 is 4.90 Å². The Morgan fingerprint density at radius 3 is 2.70 bits per heavy atom. The zero-order valence-corrected chi connectivity index (χ0v) is 14.1. The molecule has 1 saturated heterocycles. The van der Waals surface area contributed by atoms with Crippen LogP contribution in [0.2, 0.25) is 0 Å². The molecule has 0 aliphatic carbocycles. The van der Waals surface area contributed by atoms with Crippen molar-refractivity contribution in [2.75, 3.05) is 31.1 Å². The Morgan fingerprint density at radius 2 is 1.96 bits per heavy atom. The summed E-state index contributed by atoms with van der Waals surface area (Å²) in [6.45, 7) is 8.12. The molecule has 0 spiro atoms. The lowest BCUT2D eigenvalue weighted by Gasteiger charge is -2.37. The lowest BCUT2D eigenvalue weighted by molar-refractivity contribution is 0.198. The van der Waals surface area contributed by atoms with E-state index in [4.69, 9.17) is 0 Å². The third-order valence-electron chi connectivity index (χ3n) is 4.40. The second kappa shape index (κ2) is 5.86. The first-order chi connectivity index (χ1) is 11.2. The van der Waals surface area contributed by atoms with Crippen LogP contribution in [0.1, 0.15) is 23.8 Å². The van der Waals surface area contributed by atoms with Gasteiger partial charge in [0.1, 0.15) is 10.8 Å². The van der Waals surface area contributed by atoms with E-state index in [1.54, 1.807) is 15.9 Å². The van der Waals surface area contributed by atoms with Crippen molar-refractivity contribution >= 4 is 22.8 Å². The van der Waals surface area contributed by atoms with Crippen molar-refractivity contribution in [3.8, 4) is 0 Å². The smallest absolute Gasteiger partial charge is 0.178 e. The van der Waals surface area contributed by atoms with Crippen LogP contribution >= 0.6 is 11.3 Å². The molecule has 7 nitrogen and oxygen atoms in total. The highest BCUT2D eigenvalue weighted by molar-refractivity contribution is 7.09. The molecule has 0 radical (unpaired) electrons. The van der Waals surface area contributed by atoms with E-state index in [9.17, 15) is 0 Å². The molecule has 0 N–H and O–H groups in total. The summed E-state index contributed by atoms with van der Waals surface area (Å²) in [5.41, 5.74) is 0.794. The summed E-state index contributed by atoms with van der Waals surface area (Å²) < 4.78 is 1.81. The molecule has 4 rings (SSSR count). The second-order valence-corrected chi connectivity index (χ2v) is 6.70. The van der Waals surface area contributed by atoms with Crippen molar-refractivity contribution in [3.05, 3.63) is 34.5 Å². The SMILES string of the molecule is Cc1nnc2ccc(N3CCN(C(C)c4nccs4)CC3)nn12. The molecule has 3 aromatic heterocycles. The van der Waals surface area contributed by atoms with Crippen LogP contribution in [-0.4, -0.2) is 55.9 Å². The molecule has 120 valence electrons. The minimum Gasteiger partial charge on any atom is -0.353 e. The first kappa shape index (κ1) is 14.5. The Hall–Kier alpha value is -2.06. The Labute approximate surface area is 138 Å². The molecule has 0 aromatic carbocycles. The molecule has 1 unspecified atom stereocenters. The van der Waals surface area contributed by atoms with Crippen molar-refractivity contribution < 1.29 is 0 Å². The summed E-state index contributed by atoms with van der Waals surface area (Å²) >= 11 is 1.73. The van der Waals surface area contributed by atoms with Gasteiger partial charge in [0, 0.05) is 37.8 Å². The molecule has 1 fully saturated rings. The number of nitrogens with zero attached hydrogens (tertiary/aromatic N) is 7. The maximum absolute atomic E-state index is 4.67. The van der Waals surface area contributed by atoms with Crippen LogP contribution in [0.15, 0.2) is 23.7 Å². The molecule has 8 heteroatoms. The lowest BCUT2D eigenvalue weighted by atomic mass is 10.2. The van der Waals surface area contributed by atoms with E-state index >= 15 is 0 Å². The average Bonchev–Trinajstić information content (AvgIpc) is 3.25.